The van der Waals surface area contributed by atoms with Crippen LogP contribution in [0.15, 0.2) is 103 Å². The van der Waals surface area contributed by atoms with Gasteiger partial charge in [0.1, 0.15) is 0 Å². The predicted molar refractivity (Wildman–Crippen MR) is 159 cm³/mol. The molecule has 0 atom stereocenters. The molecule has 0 unspecified atom stereocenters. The average molecular weight is 489 g/mol. The number of hydrogen-bond acceptors (Lipinski definition) is 1. The summed E-state index contributed by atoms with van der Waals surface area (Å²) in [7, 11) is 0. The van der Waals surface area contributed by atoms with Gasteiger partial charge in [0.25, 0.3) is 0 Å². The molecule has 38 heavy (non-hydrogen) atoms. The van der Waals surface area contributed by atoms with E-state index in [0.29, 0.717) is 5.69 Å². The third-order valence-corrected chi connectivity index (χ3v) is 7.92. The van der Waals surface area contributed by atoms with Gasteiger partial charge in [-0.1, -0.05) is 48.5 Å². The lowest BCUT2D eigenvalue weighted by atomic mass is 10.1. The smallest absolute Gasteiger partial charge is 0.190 e. The van der Waals surface area contributed by atoms with E-state index in [2.05, 4.69) is 136 Å². The molecule has 1 aliphatic rings. The quantitative estimate of drug-likeness (QED) is 0.222. The summed E-state index contributed by atoms with van der Waals surface area (Å²) < 4.78 is 4.78. The molecule has 1 aliphatic heterocycles. The number of nitrogens with zero attached hydrogens (tertiary/aromatic N) is 4. The van der Waals surface area contributed by atoms with Crippen molar-refractivity contribution in [1.82, 2.24) is 9.13 Å². The largest absolute Gasteiger partial charge is 0.337 e. The summed E-state index contributed by atoms with van der Waals surface area (Å²) in [5.74, 6) is 0. The second-order valence-electron chi connectivity index (χ2n) is 10.3. The number of fused-ring (bicyclic) bond motifs is 8. The van der Waals surface area contributed by atoms with Crippen LogP contribution < -0.4 is 4.90 Å². The van der Waals surface area contributed by atoms with Gasteiger partial charge in [0.15, 0.2) is 5.69 Å². The maximum atomic E-state index is 7.88. The SMILES string of the molecule is [C-]#[N+]c1cc2c3c(c1)c1cc4c5ccccc5n(-c5ccccc5)c4cc1n3-c1ccccc1N2C(C)C. The number of para-hydroxylation sites is 4. The van der Waals surface area contributed by atoms with Gasteiger partial charge in [-0.3, -0.25) is 0 Å². The molecule has 180 valence electrons. The molecular formula is C34H24N4. The van der Waals surface area contributed by atoms with E-state index in [1.165, 1.54) is 44.1 Å². The zero-order valence-corrected chi connectivity index (χ0v) is 21.2. The van der Waals surface area contributed by atoms with Gasteiger partial charge in [-0.15, -0.1) is 0 Å². The molecule has 0 fully saturated rings. The van der Waals surface area contributed by atoms with Crippen molar-refractivity contribution in [3.05, 3.63) is 115 Å². The van der Waals surface area contributed by atoms with E-state index < -0.39 is 0 Å². The number of hydrogen-bond donors (Lipinski definition) is 0. The molecule has 4 nitrogen and oxygen atoms in total. The summed E-state index contributed by atoms with van der Waals surface area (Å²) in [6.45, 7) is 12.3. The fraction of sp³-hybridized carbons (Fsp3) is 0.0882. The molecule has 8 rings (SSSR count). The minimum absolute atomic E-state index is 0.248. The van der Waals surface area contributed by atoms with Crippen molar-refractivity contribution in [2.45, 2.75) is 19.9 Å². The summed E-state index contributed by atoms with van der Waals surface area (Å²) in [5, 5.41) is 4.76. The zero-order valence-electron chi connectivity index (χ0n) is 21.2. The molecule has 0 amide bonds. The van der Waals surface area contributed by atoms with Crippen molar-refractivity contribution < 1.29 is 0 Å². The van der Waals surface area contributed by atoms with Crippen LogP contribution in [0, 0.1) is 6.57 Å². The van der Waals surface area contributed by atoms with Crippen molar-refractivity contribution >= 4 is 60.7 Å². The molecule has 0 radical (unpaired) electrons. The third-order valence-electron chi connectivity index (χ3n) is 7.92. The van der Waals surface area contributed by atoms with Crippen LogP contribution in [0.2, 0.25) is 0 Å². The first-order valence-corrected chi connectivity index (χ1v) is 13.0. The summed E-state index contributed by atoms with van der Waals surface area (Å²) in [4.78, 5) is 6.26. The van der Waals surface area contributed by atoms with Crippen LogP contribution in [-0.2, 0) is 0 Å². The monoisotopic (exact) mass is 488 g/mol. The Labute approximate surface area is 220 Å². The lowest BCUT2D eigenvalue weighted by Crippen LogP contribution is -2.29. The Hall–Kier alpha value is -5.01. The lowest BCUT2D eigenvalue weighted by Gasteiger charge is -2.36. The van der Waals surface area contributed by atoms with Crippen LogP contribution in [0.25, 0.3) is 59.8 Å². The van der Waals surface area contributed by atoms with E-state index in [4.69, 9.17) is 6.57 Å². The van der Waals surface area contributed by atoms with Crippen molar-refractivity contribution in [3.63, 3.8) is 0 Å². The fourth-order valence-corrected chi connectivity index (χ4v) is 6.47. The van der Waals surface area contributed by atoms with E-state index in [1.54, 1.807) is 0 Å². The van der Waals surface area contributed by atoms with E-state index in [9.17, 15) is 0 Å². The minimum atomic E-state index is 0.248. The fourth-order valence-electron chi connectivity index (χ4n) is 6.47. The van der Waals surface area contributed by atoms with Crippen LogP contribution in [0.5, 0.6) is 0 Å². The number of benzene rings is 5. The summed E-state index contributed by atoms with van der Waals surface area (Å²) in [6.07, 6.45) is 0. The van der Waals surface area contributed by atoms with Gasteiger partial charge < -0.3 is 14.0 Å². The molecule has 0 bridgehead atoms. The molecule has 0 N–H and O–H groups in total. The van der Waals surface area contributed by atoms with Crippen molar-refractivity contribution in [3.8, 4) is 11.4 Å². The Kier molecular flexibility index (Phi) is 4.17. The maximum Gasteiger partial charge on any atom is 0.190 e. The summed E-state index contributed by atoms with van der Waals surface area (Å²) >= 11 is 0. The molecule has 2 aromatic heterocycles. The Morgan fingerprint density at radius 1 is 0.579 bits per heavy atom. The number of aromatic nitrogens is 2. The van der Waals surface area contributed by atoms with Crippen LogP contribution in [0.4, 0.5) is 17.1 Å². The Balaban J connectivity index is 1.62. The standard InChI is InChI=1S/C34H24N4/c1-21(2)36-29-15-9-10-16-30(29)38-32-20-31-25(19-26(32)27-17-22(35-3)18-33(36)34(27)38)24-13-7-8-14-28(24)37(31)23-11-5-4-6-12-23/h4-21H,1-2H3. The van der Waals surface area contributed by atoms with Gasteiger partial charge >= 0.3 is 0 Å². The first-order chi connectivity index (χ1) is 18.7. The van der Waals surface area contributed by atoms with Gasteiger partial charge in [0.05, 0.1) is 45.7 Å². The molecule has 0 aliphatic carbocycles. The van der Waals surface area contributed by atoms with Gasteiger partial charge in [0, 0.05) is 27.9 Å². The van der Waals surface area contributed by atoms with Crippen LogP contribution in [-0.4, -0.2) is 15.2 Å². The molecule has 4 heteroatoms. The van der Waals surface area contributed by atoms with E-state index >= 15 is 0 Å². The second-order valence-corrected chi connectivity index (χ2v) is 10.3. The van der Waals surface area contributed by atoms with Gasteiger partial charge in [-0.2, -0.15) is 0 Å². The topological polar surface area (TPSA) is 17.5 Å². The molecular weight excluding hydrogens is 464 g/mol. The Morgan fingerprint density at radius 2 is 1.26 bits per heavy atom. The number of anilines is 2. The van der Waals surface area contributed by atoms with E-state index in [1.807, 2.05) is 0 Å². The highest BCUT2D eigenvalue weighted by molar-refractivity contribution is 6.22. The molecule has 0 saturated carbocycles. The van der Waals surface area contributed by atoms with Crippen molar-refractivity contribution in [1.29, 1.82) is 0 Å². The van der Waals surface area contributed by atoms with Gasteiger partial charge in [-0.25, -0.2) is 4.85 Å². The first kappa shape index (κ1) is 21.1. The molecule has 5 aromatic carbocycles. The highest BCUT2D eigenvalue weighted by atomic mass is 15.2. The second kappa shape index (κ2) is 7.50. The molecule has 0 spiro atoms. The van der Waals surface area contributed by atoms with E-state index in [0.717, 1.165) is 22.3 Å². The maximum absolute atomic E-state index is 7.88. The summed E-state index contributed by atoms with van der Waals surface area (Å²) in [5.41, 5.74) is 9.95. The average Bonchev–Trinajstić information content (AvgIpc) is 3.45. The highest BCUT2D eigenvalue weighted by Gasteiger charge is 2.30. The van der Waals surface area contributed by atoms with Crippen molar-refractivity contribution in [2.75, 3.05) is 4.90 Å². The van der Waals surface area contributed by atoms with Crippen LogP contribution >= 0.6 is 0 Å². The highest BCUT2D eigenvalue weighted by Crippen LogP contribution is 2.50. The zero-order chi connectivity index (χ0) is 25.5. The van der Waals surface area contributed by atoms with Crippen LogP contribution in [0.3, 0.4) is 0 Å². The molecule has 0 saturated heterocycles. The third kappa shape index (κ3) is 2.63. The lowest BCUT2D eigenvalue weighted by molar-refractivity contribution is 0.782. The Bertz CT molecular complexity index is 2120. The van der Waals surface area contributed by atoms with Crippen molar-refractivity contribution in [2.24, 2.45) is 0 Å². The van der Waals surface area contributed by atoms with Crippen LogP contribution in [0.1, 0.15) is 13.8 Å². The van der Waals surface area contributed by atoms with Gasteiger partial charge in [-0.05, 0) is 73.8 Å². The molecule has 3 heterocycles. The Morgan fingerprint density at radius 3 is 2.05 bits per heavy atom. The normalized spacial score (nSPS) is 12.6. The molecule has 7 aromatic rings. The number of rotatable bonds is 2. The minimum Gasteiger partial charge on any atom is -0.337 e. The van der Waals surface area contributed by atoms with Gasteiger partial charge in [0.2, 0.25) is 0 Å². The summed E-state index contributed by atoms with van der Waals surface area (Å²) in [6, 6.07) is 36.9. The van der Waals surface area contributed by atoms with E-state index in [-0.39, 0.29) is 6.04 Å². The predicted octanol–water partition coefficient (Wildman–Crippen LogP) is 9.29. The first-order valence-electron chi connectivity index (χ1n) is 13.0.